The zero-order valence-corrected chi connectivity index (χ0v) is 13.2. The van der Waals surface area contributed by atoms with Gasteiger partial charge in [-0.25, -0.2) is 4.98 Å². The number of carbonyl (C=O) groups is 1. The second-order valence-corrected chi connectivity index (χ2v) is 7.11. The van der Waals surface area contributed by atoms with Crippen LogP contribution in [0.5, 0.6) is 0 Å². The topological polar surface area (TPSA) is 56.2 Å². The van der Waals surface area contributed by atoms with Crippen molar-refractivity contribution in [3.63, 3.8) is 0 Å². The number of amides is 1. The van der Waals surface area contributed by atoms with Gasteiger partial charge < -0.3 is 14.6 Å². The van der Waals surface area contributed by atoms with Crippen molar-refractivity contribution < 1.29 is 9.53 Å². The summed E-state index contributed by atoms with van der Waals surface area (Å²) in [6.07, 6.45) is 10.4. The number of imidazole rings is 1. The van der Waals surface area contributed by atoms with Gasteiger partial charge in [0.1, 0.15) is 12.4 Å². The van der Waals surface area contributed by atoms with E-state index in [0.29, 0.717) is 30.5 Å². The lowest BCUT2D eigenvalue weighted by molar-refractivity contribution is -0.130. The molecule has 1 aliphatic heterocycles. The molecule has 2 aliphatic carbocycles. The number of nitrogens with zero attached hydrogens (tertiary/aromatic N) is 2. The van der Waals surface area contributed by atoms with Gasteiger partial charge in [-0.3, -0.25) is 4.79 Å². The van der Waals surface area contributed by atoms with E-state index in [1.54, 1.807) is 6.20 Å². The molecule has 1 N–H and O–H groups in total. The van der Waals surface area contributed by atoms with E-state index in [0.717, 1.165) is 24.8 Å². The molecule has 5 nitrogen and oxygen atoms in total. The van der Waals surface area contributed by atoms with Crippen molar-refractivity contribution in [2.75, 3.05) is 6.61 Å². The summed E-state index contributed by atoms with van der Waals surface area (Å²) < 4.78 is 7.85. The fraction of sp³-hybridized carbons (Fsp3) is 0.765. The van der Waals surface area contributed by atoms with Crippen LogP contribution in [0.3, 0.4) is 0 Å². The smallest absolute Gasteiger partial charge is 0.240 e. The van der Waals surface area contributed by atoms with Crippen LogP contribution in [0, 0.1) is 24.7 Å². The number of ether oxygens (including phenoxy) is 1. The van der Waals surface area contributed by atoms with Crippen molar-refractivity contribution in [1.82, 2.24) is 14.9 Å². The quantitative estimate of drug-likeness (QED) is 0.924. The zero-order chi connectivity index (χ0) is 15.1. The van der Waals surface area contributed by atoms with Gasteiger partial charge in [0.05, 0.1) is 6.10 Å². The summed E-state index contributed by atoms with van der Waals surface area (Å²) >= 11 is 0. The maximum atomic E-state index is 12.4. The second-order valence-electron chi connectivity index (χ2n) is 7.11. The highest BCUT2D eigenvalue weighted by molar-refractivity contribution is 5.76. The van der Waals surface area contributed by atoms with Crippen molar-refractivity contribution >= 4 is 5.91 Å². The number of rotatable bonds is 4. The first-order chi connectivity index (χ1) is 10.7. The number of aromatic nitrogens is 2. The molecule has 4 rings (SSSR count). The van der Waals surface area contributed by atoms with Gasteiger partial charge in [-0.1, -0.05) is 25.7 Å². The van der Waals surface area contributed by atoms with Crippen LogP contribution in [0.4, 0.5) is 0 Å². The molecule has 1 saturated heterocycles. The van der Waals surface area contributed by atoms with Gasteiger partial charge in [0.15, 0.2) is 0 Å². The average Bonchev–Trinajstić information content (AvgIpc) is 3.21. The van der Waals surface area contributed by atoms with Crippen LogP contribution in [-0.2, 0) is 16.1 Å². The molecule has 1 amide bonds. The third-order valence-corrected chi connectivity index (χ3v) is 5.95. The highest BCUT2D eigenvalue weighted by Gasteiger charge is 2.56. The van der Waals surface area contributed by atoms with E-state index in [1.165, 1.54) is 25.7 Å². The molecule has 22 heavy (non-hydrogen) atoms. The summed E-state index contributed by atoms with van der Waals surface area (Å²) in [5, 5.41) is 3.31. The number of carbonyl (C=O) groups excluding carboxylic acids is 1. The Morgan fingerprint density at radius 2 is 2.23 bits per heavy atom. The third-order valence-electron chi connectivity index (χ3n) is 5.95. The fourth-order valence-corrected chi connectivity index (χ4v) is 4.82. The van der Waals surface area contributed by atoms with E-state index < -0.39 is 0 Å². The molecule has 1 aromatic heterocycles. The van der Waals surface area contributed by atoms with Gasteiger partial charge in [-0.05, 0) is 19.3 Å². The van der Waals surface area contributed by atoms with Crippen LogP contribution in [0.25, 0.3) is 0 Å². The first-order valence-corrected chi connectivity index (χ1v) is 8.63. The largest absolute Gasteiger partial charge is 0.377 e. The molecule has 5 heteroatoms. The minimum Gasteiger partial charge on any atom is -0.377 e. The van der Waals surface area contributed by atoms with Gasteiger partial charge >= 0.3 is 0 Å². The Balaban J connectivity index is 1.41. The van der Waals surface area contributed by atoms with E-state index in [1.807, 2.05) is 17.7 Å². The standard InChI is InChI=1S/C17H25N3O2/c1-11-18-7-8-20(11)10-14(21)19-16-13-6-9-22-17(13)15(16)12-4-2-3-5-12/h7-8,12-13,15-17H,2-6,9-10H2,1H3,(H,19,21)/t13-,15+,16+,17-/m1/s1. The van der Waals surface area contributed by atoms with E-state index in [9.17, 15) is 4.79 Å². The van der Waals surface area contributed by atoms with Crippen LogP contribution in [0.15, 0.2) is 12.4 Å². The lowest BCUT2D eigenvalue weighted by Crippen LogP contribution is -2.63. The highest BCUT2D eigenvalue weighted by atomic mass is 16.5. The van der Waals surface area contributed by atoms with Gasteiger partial charge in [0.2, 0.25) is 5.91 Å². The van der Waals surface area contributed by atoms with Crippen molar-refractivity contribution in [3.05, 3.63) is 18.2 Å². The van der Waals surface area contributed by atoms with Crippen molar-refractivity contribution in [3.8, 4) is 0 Å². The molecule has 2 heterocycles. The Hall–Kier alpha value is -1.36. The SMILES string of the molecule is Cc1nccn1CC(=O)N[C@H]1[C@H]2CCO[C@H]2[C@H]1C1CCCC1. The first kappa shape index (κ1) is 14.2. The van der Waals surface area contributed by atoms with E-state index in [-0.39, 0.29) is 5.91 Å². The molecule has 1 aromatic rings. The van der Waals surface area contributed by atoms with Crippen LogP contribution >= 0.6 is 0 Å². The monoisotopic (exact) mass is 303 g/mol. The normalized spacial score (nSPS) is 34.4. The summed E-state index contributed by atoms with van der Waals surface area (Å²) in [6.45, 7) is 3.17. The minimum absolute atomic E-state index is 0.111. The molecule has 120 valence electrons. The van der Waals surface area contributed by atoms with Crippen LogP contribution in [0.2, 0.25) is 0 Å². The number of hydrogen-bond acceptors (Lipinski definition) is 3. The van der Waals surface area contributed by atoms with Gasteiger partial charge in [0, 0.05) is 36.9 Å². The number of aryl methyl sites for hydroxylation is 1. The van der Waals surface area contributed by atoms with E-state index in [2.05, 4.69) is 10.3 Å². The van der Waals surface area contributed by atoms with Gasteiger partial charge in [-0.15, -0.1) is 0 Å². The molecule has 0 aromatic carbocycles. The molecule has 3 fully saturated rings. The fourth-order valence-electron chi connectivity index (χ4n) is 4.82. The van der Waals surface area contributed by atoms with Crippen LogP contribution in [-0.4, -0.2) is 34.2 Å². The Morgan fingerprint density at radius 3 is 2.95 bits per heavy atom. The lowest BCUT2D eigenvalue weighted by atomic mass is 9.61. The Labute approximate surface area is 131 Å². The van der Waals surface area contributed by atoms with Gasteiger partial charge in [-0.2, -0.15) is 0 Å². The first-order valence-electron chi connectivity index (χ1n) is 8.63. The maximum Gasteiger partial charge on any atom is 0.240 e. The van der Waals surface area contributed by atoms with E-state index >= 15 is 0 Å². The summed E-state index contributed by atoms with van der Waals surface area (Å²) in [7, 11) is 0. The molecule has 3 aliphatic rings. The molecular formula is C17H25N3O2. The zero-order valence-electron chi connectivity index (χ0n) is 13.2. The summed E-state index contributed by atoms with van der Waals surface area (Å²) in [4.78, 5) is 16.6. The average molecular weight is 303 g/mol. The molecule has 0 radical (unpaired) electrons. The number of hydrogen-bond donors (Lipinski definition) is 1. The summed E-state index contributed by atoms with van der Waals surface area (Å²) in [5.41, 5.74) is 0. The predicted octanol–water partition coefficient (Wildman–Crippen LogP) is 1.90. The molecule has 0 bridgehead atoms. The summed E-state index contributed by atoms with van der Waals surface area (Å²) in [6, 6.07) is 0.326. The minimum atomic E-state index is 0.111. The number of nitrogens with one attached hydrogen (secondary N) is 1. The van der Waals surface area contributed by atoms with E-state index in [4.69, 9.17) is 4.74 Å². The van der Waals surface area contributed by atoms with Gasteiger partial charge in [0.25, 0.3) is 0 Å². The molecule has 0 spiro atoms. The van der Waals surface area contributed by atoms with Crippen molar-refractivity contribution in [1.29, 1.82) is 0 Å². The molecular weight excluding hydrogens is 278 g/mol. The Bertz CT molecular complexity index is 545. The van der Waals surface area contributed by atoms with Crippen molar-refractivity contribution in [2.45, 2.75) is 57.7 Å². The number of fused-ring (bicyclic) bond motifs is 1. The molecule has 4 atom stereocenters. The Kier molecular flexibility index (Phi) is 3.68. The van der Waals surface area contributed by atoms with Crippen LogP contribution in [0.1, 0.15) is 37.9 Å². The summed E-state index contributed by atoms with van der Waals surface area (Å²) in [5.74, 6) is 2.83. The molecule has 2 saturated carbocycles. The maximum absolute atomic E-state index is 12.4. The van der Waals surface area contributed by atoms with Crippen molar-refractivity contribution in [2.24, 2.45) is 17.8 Å². The predicted molar refractivity (Wildman–Crippen MR) is 82.2 cm³/mol. The third kappa shape index (κ3) is 2.35. The Morgan fingerprint density at radius 1 is 1.41 bits per heavy atom. The highest BCUT2D eigenvalue weighted by Crippen LogP contribution is 2.51. The second kappa shape index (κ2) is 5.69. The molecule has 0 unspecified atom stereocenters. The van der Waals surface area contributed by atoms with Crippen LogP contribution < -0.4 is 5.32 Å². The lowest BCUT2D eigenvalue weighted by Gasteiger charge is -2.50.